The Labute approximate surface area is 151 Å². The molecule has 0 unspecified atom stereocenters. The van der Waals surface area contributed by atoms with Crippen molar-refractivity contribution < 1.29 is 9.47 Å². The molecule has 2 nitrogen and oxygen atoms in total. The van der Waals surface area contributed by atoms with Crippen molar-refractivity contribution in [2.75, 3.05) is 0 Å². The summed E-state index contributed by atoms with van der Waals surface area (Å²) >= 11 is 11.8. The van der Waals surface area contributed by atoms with Crippen LogP contribution in [0.5, 0.6) is 17.2 Å². The summed E-state index contributed by atoms with van der Waals surface area (Å²) in [6.07, 6.45) is 0. The van der Waals surface area contributed by atoms with E-state index in [2.05, 4.69) is 0 Å². The number of hydrogen-bond acceptors (Lipinski definition) is 2. The molecule has 3 aromatic rings. The van der Waals surface area contributed by atoms with E-state index >= 15 is 0 Å². The summed E-state index contributed by atoms with van der Waals surface area (Å²) in [7, 11) is 0. The van der Waals surface area contributed by atoms with Crippen LogP contribution in [0.1, 0.15) is 16.0 Å². The highest BCUT2D eigenvalue weighted by Gasteiger charge is 2.05. The number of hydrogen-bond donors (Lipinski definition) is 0. The topological polar surface area (TPSA) is 18.5 Å². The van der Waals surface area contributed by atoms with Gasteiger partial charge in [0.05, 0.1) is 0 Å². The van der Waals surface area contributed by atoms with Gasteiger partial charge in [-0.1, -0.05) is 42.5 Å². The van der Waals surface area contributed by atoms with E-state index in [-0.39, 0.29) is 0 Å². The van der Waals surface area contributed by atoms with Crippen LogP contribution in [0.2, 0.25) is 0 Å². The van der Waals surface area contributed by atoms with E-state index in [1.807, 2.05) is 78.9 Å². The van der Waals surface area contributed by atoms with Gasteiger partial charge in [-0.25, -0.2) is 0 Å². The second-order valence-corrected chi connectivity index (χ2v) is 6.32. The third-order valence-electron chi connectivity index (χ3n) is 3.42. The van der Waals surface area contributed by atoms with Crippen molar-refractivity contribution in [1.29, 1.82) is 0 Å². The van der Waals surface area contributed by atoms with Crippen LogP contribution < -0.4 is 9.47 Å². The van der Waals surface area contributed by atoms with Crippen molar-refractivity contribution in [1.82, 2.24) is 0 Å². The first kappa shape index (κ1) is 16.7. The van der Waals surface area contributed by atoms with Crippen LogP contribution in [0.4, 0.5) is 0 Å². The second kappa shape index (κ2) is 8.09. The number of benzene rings is 3. The van der Waals surface area contributed by atoms with E-state index in [4.69, 9.17) is 32.7 Å². The Morgan fingerprint density at radius 1 is 0.708 bits per heavy atom. The molecule has 0 fully saturated rings. The molecule has 122 valence electrons. The smallest absolute Gasteiger partial charge is 0.132 e. The third-order valence-corrected chi connectivity index (χ3v) is 3.92. The zero-order valence-electron chi connectivity index (χ0n) is 12.9. The molecule has 0 heterocycles. The molecule has 4 heteroatoms. The number of ether oxygens (including phenoxy) is 2. The maximum atomic E-state index is 5.88. The molecule has 24 heavy (non-hydrogen) atoms. The Balaban J connectivity index is 1.61. The Kier molecular flexibility index (Phi) is 5.63. The van der Waals surface area contributed by atoms with E-state index < -0.39 is 4.84 Å². The summed E-state index contributed by atoms with van der Waals surface area (Å²) in [6.45, 7) is 0.538. The summed E-state index contributed by atoms with van der Waals surface area (Å²) in [4.78, 5) is -0.567. The van der Waals surface area contributed by atoms with Crippen molar-refractivity contribution in [3.05, 3.63) is 90.0 Å². The van der Waals surface area contributed by atoms with Crippen LogP contribution in [0.25, 0.3) is 0 Å². The Morgan fingerprint density at radius 2 is 1.42 bits per heavy atom. The molecule has 0 amide bonds. The largest absolute Gasteiger partial charge is 0.489 e. The molecule has 0 aliphatic rings. The van der Waals surface area contributed by atoms with Gasteiger partial charge in [-0.15, -0.1) is 23.2 Å². The molecule has 0 aromatic heterocycles. The fourth-order valence-electron chi connectivity index (χ4n) is 2.19. The first-order valence-electron chi connectivity index (χ1n) is 7.53. The Morgan fingerprint density at radius 3 is 2.12 bits per heavy atom. The van der Waals surface area contributed by atoms with Gasteiger partial charge in [-0.3, -0.25) is 0 Å². The van der Waals surface area contributed by atoms with Gasteiger partial charge >= 0.3 is 0 Å². The normalized spacial score (nSPS) is 10.6. The third kappa shape index (κ3) is 4.67. The van der Waals surface area contributed by atoms with E-state index in [0.29, 0.717) is 12.4 Å². The maximum Gasteiger partial charge on any atom is 0.132 e. The Bertz CT molecular complexity index is 771. The highest BCUT2D eigenvalue weighted by Crippen LogP contribution is 2.30. The van der Waals surface area contributed by atoms with Crippen LogP contribution in [-0.4, -0.2) is 0 Å². The summed E-state index contributed by atoms with van der Waals surface area (Å²) in [5.74, 6) is 2.21. The predicted octanol–water partition coefficient (Wildman–Crippen LogP) is 6.53. The summed E-state index contributed by atoms with van der Waals surface area (Å²) < 4.78 is 11.6. The van der Waals surface area contributed by atoms with Crippen molar-refractivity contribution in [3.63, 3.8) is 0 Å². The lowest BCUT2D eigenvalue weighted by Gasteiger charge is -2.10. The lowest BCUT2D eigenvalue weighted by Crippen LogP contribution is -1.94. The highest BCUT2D eigenvalue weighted by molar-refractivity contribution is 6.44. The lowest BCUT2D eigenvalue weighted by molar-refractivity contribution is 0.306. The summed E-state index contributed by atoms with van der Waals surface area (Å²) in [5, 5.41) is 0. The highest BCUT2D eigenvalue weighted by atomic mass is 35.5. The first-order valence-corrected chi connectivity index (χ1v) is 8.41. The van der Waals surface area contributed by atoms with Crippen molar-refractivity contribution >= 4 is 23.2 Å². The van der Waals surface area contributed by atoms with Gasteiger partial charge in [0.15, 0.2) is 0 Å². The summed E-state index contributed by atoms with van der Waals surface area (Å²) in [5.41, 5.74) is 1.94. The zero-order chi connectivity index (χ0) is 16.8. The van der Waals surface area contributed by atoms with E-state index in [1.165, 1.54) is 0 Å². The molecule has 3 aromatic carbocycles. The van der Waals surface area contributed by atoms with E-state index in [9.17, 15) is 0 Å². The van der Waals surface area contributed by atoms with Gasteiger partial charge in [0.2, 0.25) is 0 Å². The van der Waals surface area contributed by atoms with Gasteiger partial charge in [0.25, 0.3) is 0 Å². The predicted molar refractivity (Wildman–Crippen MR) is 98.2 cm³/mol. The van der Waals surface area contributed by atoms with Gasteiger partial charge < -0.3 is 9.47 Å². The fraction of sp³-hybridized carbons (Fsp3) is 0.100. The molecule has 3 rings (SSSR count). The summed E-state index contributed by atoms with van der Waals surface area (Å²) in [6, 6.07) is 25.0. The second-order valence-electron chi connectivity index (χ2n) is 5.22. The van der Waals surface area contributed by atoms with Crippen LogP contribution >= 0.6 is 23.2 Å². The standard InChI is InChI=1S/C20H16Cl2O2/c21-20(22)16-7-4-8-19(13-16)24-18-11-9-17(10-12-18)23-14-15-5-2-1-3-6-15/h1-13,20H,14H2. The van der Waals surface area contributed by atoms with Crippen LogP contribution in [0, 0.1) is 0 Å². The number of rotatable bonds is 6. The minimum absolute atomic E-state index is 0.538. The van der Waals surface area contributed by atoms with Crippen molar-refractivity contribution in [2.45, 2.75) is 11.4 Å². The molecular weight excluding hydrogens is 343 g/mol. The van der Waals surface area contributed by atoms with Crippen LogP contribution in [0.3, 0.4) is 0 Å². The molecule has 0 aliphatic carbocycles. The molecule has 0 N–H and O–H groups in total. The van der Waals surface area contributed by atoms with Gasteiger partial charge in [-0.2, -0.15) is 0 Å². The van der Waals surface area contributed by atoms with E-state index in [0.717, 1.165) is 22.6 Å². The first-order chi connectivity index (χ1) is 11.7. The molecule has 0 aliphatic heterocycles. The SMILES string of the molecule is ClC(Cl)c1cccc(Oc2ccc(OCc3ccccc3)cc2)c1. The van der Waals surface area contributed by atoms with Crippen molar-refractivity contribution in [2.24, 2.45) is 0 Å². The molecule has 0 radical (unpaired) electrons. The molecule has 0 spiro atoms. The minimum Gasteiger partial charge on any atom is -0.489 e. The maximum absolute atomic E-state index is 5.88. The van der Waals surface area contributed by atoms with Gasteiger partial charge in [0.1, 0.15) is 28.7 Å². The number of halogens is 2. The molecular formula is C20H16Cl2O2. The Hall–Kier alpha value is -2.16. The average Bonchev–Trinajstić information content (AvgIpc) is 2.62. The average molecular weight is 359 g/mol. The zero-order valence-corrected chi connectivity index (χ0v) is 14.4. The molecule has 0 saturated carbocycles. The lowest BCUT2D eigenvalue weighted by atomic mass is 10.2. The van der Waals surface area contributed by atoms with Crippen molar-refractivity contribution in [3.8, 4) is 17.2 Å². The van der Waals surface area contributed by atoms with Gasteiger partial charge in [0, 0.05) is 0 Å². The monoisotopic (exact) mass is 358 g/mol. The molecule has 0 atom stereocenters. The molecule has 0 bridgehead atoms. The fourth-order valence-corrected chi connectivity index (χ4v) is 2.47. The quantitative estimate of drug-likeness (QED) is 0.466. The van der Waals surface area contributed by atoms with Gasteiger partial charge in [-0.05, 0) is 47.5 Å². The number of alkyl halides is 2. The minimum atomic E-state index is -0.567. The molecule has 0 saturated heterocycles. The van der Waals surface area contributed by atoms with Crippen LogP contribution in [-0.2, 0) is 6.61 Å². The van der Waals surface area contributed by atoms with Crippen LogP contribution in [0.15, 0.2) is 78.9 Å². The van der Waals surface area contributed by atoms with E-state index in [1.54, 1.807) is 0 Å².